The Kier molecular flexibility index (Phi) is 2.91. The maximum Gasteiger partial charge on any atom is 0.278 e. The number of benzene rings is 1. The van der Waals surface area contributed by atoms with Crippen LogP contribution < -0.4 is 11.1 Å². The lowest BCUT2D eigenvalue weighted by Gasteiger charge is -2.07. The topological polar surface area (TPSA) is 67.8 Å². The minimum Gasteiger partial charge on any atom is -0.267 e. The van der Waals surface area contributed by atoms with E-state index in [9.17, 15) is 9.59 Å². The molecular weight excluding hydrogens is 278 g/mol. The van der Waals surface area contributed by atoms with Crippen LogP contribution in [0.3, 0.4) is 0 Å². The quantitative estimate of drug-likeness (QED) is 0.696. The van der Waals surface area contributed by atoms with Crippen molar-refractivity contribution in [1.82, 2.24) is 14.8 Å². The molecule has 0 saturated heterocycles. The minimum atomic E-state index is -0.444. The van der Waals surface area contributed by atoms with Crippen LogP contribution in [-0.4, -0.2) is 14.8 Å². The van der Waals surface area contributed by atoms with Gasteiger partial charge in [-0.05, 0) is 25.1 Å². The van der Waals surface area contributed by atoms with Gasteiger partial charge in [0, 0.05) is 5.69 Å². The van der Waals surface area contributed by atoms with Crippen molar-refractivity contribution in [3.05, 3.63) is 68.0 Å². The maximum absolute atomic E-state index is 12.5. The number of halogens is 1. The maximum atomic E-state index is 12.5. The average Bonchev–Trinajstić information content (AvgIpc) is 2.43. The largest absolute Gasteiger partial charge is 0.278 e. The Morgan fingerprint density at radius 1 is 1.20 bits per heavy atom. The smallest absolute Gasteiger partial charge is 0.267 e. The number of fused-ring (bicyclic) bond motifs is 1. The van der Waals surface area contributed by atoms with Gasteiger partial charge >= 0.3 is 0 Å². The molecule has 1 N–H and O–H groups in total. The highest BCUT2D eigenvalue weighted by molar-refractivity contribution is 6.34. The molecule has 2 aromatic heterocycles. The van der Waals surface area contributed by atoms with Crippen LogP contribution in [0, 0.1) is 6.92 Å². The number of hydrogen-bond donors (Lipinski definition) is 1. The Labute approximate surface area is 118 Å². The van der Waals surface area contributed by atoms with Gasteiger partial charge < -0.3 is 0 Å². The van der Waals surface area contributed by atoms with E-state index >= 15 is 0 Å². The number of aryl methyl sites for hydroxylation is 1. The lowest BCUT2D eigenvalue weighted by Crippen LogP contribution is -2.29. The van der Waals surface area contributed by atoms with Gasteiger partial charge in [-0.3, -0.25) is 14.7 Å². The number of H-pyrrole nitrogens is 1. The Hall–Kier alpha value is -2.40. The van der Waals surface area contributed by atoms with E-state index in [-0.39, 0.29) is 21.5 Å². The second-order valence-corrected chi connectivity index (χ2v) is 4.75. The molecule has 2 heterocycles. The van der Waals surface area contributed by atoms with Crippen LogP contribution in [0.5, 0.6) is 0 Å². The molecule has 0 spiro atoms. The average molecular weight is 288 g/mol. The second kappa shape index (κ2) is 4.61. The number of rotatable bonds is 1. The lowest BCUT2D eigenvalue weighted by molar-refractivity contribution is 0.801. The molecule has 0 unspecified atom stereocenters. The van der Waals surface area contributed by atoms with E-state index in [0.29, 0.717) is 11.4 Å². The molecule has 0 fully saturated rings. The molecular formula is C14H10ClN3O2. The van der Waals surface area contributed by atoms with E-state index in [1.54, 1.807) is 37.3 Å². The Bertz CT molecular complexity index is 913. The van der Waals surface area contributed by atoms with Gasteiger partial charge in [-0.2, -0.15) is 0 Å². The molecule has 0 radical (unpaired) electrons. The predicted molar refractivity (Wildman–Crippen MR) is 77.7 cm³/mol. The van der Waals surface area contributed by atoms with Crippen molar-refractivity contribution in [3.8, 4) is 5.69 Å². The molecule has 0 amide bonds. The van der Waals surface area contributed by atoms with Crippen LogP contribution in [-0.2, 0) is 0 Å². The number of aromatic nitrogens is 3. The first kappa shape index (κ1) is 12.6. The first-order valence-corrected chi connectivity index (χ1v) is 6.33. The third-order valence-electron chi connectivity index (χ3n) is 2.99. The molecule has 20 heavy (non-hydrogen) atoms. The van der Waals surface area contributed by atoms with Crippen LogP contribution in [0.15, 0.2) is 46.0 Å². The summed E-state index contributed by atoms with van der Waals surface area (Å²) in [7, 11) is 0. The fourth-order valence-electron chi connectivity index (χ4n) is 2.11. The number of nitrogens with zero attached hydrogens (tertiary/aromatic N) is 2. The second-order valence-electron chi connectivity index (χ2n) is 4.39. The van der Waals surface area contributed by atoms with Crippen molar-refractivity contribution in [2.75, 3.05) is 0 Å². The zero-order valence-corrected chi connectivity index (χ0v) is 11.3. The standard InChI is InChI=1S/C14H10ClN3O2/c1-8-7-10-11(12(15)16-8)13(19)17-18(14(10)20)9-5-3-2-4-6-9/h2-7H,1H3,(H,17,19). The molecule has 1 aromatic carbocycles. The predicted octanol–water partition coefficient (Wildman–Crippen LogP) is 2.04. The van der Waals surface area contributed by atoms with Gasteiger partial charge in [-0.25, -0.2) is 9.67 Å². The Morgan fingerprint density at radius 2 is 1.90 bits per heavy atom. The van der Waals surface area contributed by atoms with Gasteiger partial charge in [0.1, 0.15) is 5.15 Å². The summed E-state index contributed by atoms with van der Waals surface area (Å²) in [6, 6.07) is 10.4. The molecule has 0 bridgehead atoms. The summed E-state index contributed by atoms with van der Waals surface area (Å²) in [6.07, 6.45) is 0. The van der Waals surface area contributed by atoms with Gasteiger partial charge in [0.15, 0.2) is 0 Å². The highest BCUT2D eigenvalue weighted by atomic mass is 35.5. The lowest BCUT2D eigenvalue weighted by atomic mass is 10.2. The van der Waals surface area contributed by atoms with Gasteiger partial charge in [-0.1, -0.05) is 29.8 Å². The first-order valence-electron chi connectivity index (χ1n) is 5.95. The first-order chi connectivity index (χ1) is 9.58. The number of para-hydroxylation sites is 1. The summed E-state index contributed by atoms with van der Waals surface area (Å²) in [5, 5.41) is 2.94. The van der Waals surface area contributed by atoms with Gasteiger partial charge in [0.05, 0.1) is 16.5 Å². The molecule has 0 atom stereocenters. The minimum absolute atomic E-state index is 0.0403. The molecule has 3 rings (SSSR count). The fourth-order valence-corrected chi connectivity index (χ4v) is 2.43. The van der Waals surface area contributed by atoms with E-state index in [0.717, 1.165) is 0 Å². The highest BCUT2D eigenvalue weighted by Crippen LogP contribution is 2.16. The number of aromatic amines is 1. The van der Waals surface area contributed by atoms with Crippen LogP contribution in [0.25, 0.3) is 16.5 Å². The third-order valence-corrected chi connectivity index (χ3v) is 3.27. The van der Waals surface area contributed by atoms with E-state index in [1.807, 2.05) is 6.07 Å². The molecule has 3 aromatic rings. The molecule has 0 aliphatic rings. The zero-order chi connectivity index (χ0) is 14.3. The van der Waals surface area contributed by atoms with E-state index in [1.165, 1.54) is 4.68 Å². The van der Waals surface area contributed by atoms with Crippen molar-refractivity contribution in [3.63, 3.8) is 0 Å². The fraction of sp³-hybridized carbons (Fsp3) is 0.0714. The normalized spacial score (nSPS) is 10.9. The molecule has 0 saturated carbocycles. The highest BCUT2D eigenvalue weighted by Gasteiger charge is 2.13. The summed E-state index contributed by atoms with van der Waals surface area (Å²) in [5.74, 6) is 0. The number of pyridine rings is 1. The Balaban J connectivity index is 2.47. The summed E-state index contributed by atoms with van der Waals surface area (Å²) in [4.78, 5) is 28.6. The Morgan fingerprint density at radius 3 is 2.60 bits per heavy atom. The summed E-state index contributed by atoms with van der Waals surface area (Å²) < 4.78 is 1.21. The molecule has 0 aliphatic carbocycles. The van der Waals surface area contributed by atoms with Crippen LogP contribution in [0.4, 0.5) is 0 Å². The van der Waals surface area contributed by atoms with Crippen molar-refractivity contribution in [2.45, 2.75) is 6.92 Å². The van der Waals surface area contributed by atoms with E-state index < -0.39 is 5.56 Å². The number of nitrogens with one attached hydrogen (secondary N) is 1. The summed E-state index contributed by atoms with van der Waals surface area (Å²) in [5.41, 5.74) is 0.394. The number of hydrogen-bond acceptors (Lipinski definition) is 3. The van der Waals surface area contributed by atoms with Gasteiger partial charge in [0.25, 0.3) is 11.1 Å². The van der Waals surface area contributed by atoms with Crippen LogP contribution >= 0.6 is 11.6 Å². The van der Waals surface area contributed by atoms with Crippen molar-refractivity contribution < 1.29 is 0 Å². The van der Waals surface area contributed by atoms with Crippen molar-refractivity contribution >= 4 is 22.4 Å². The van der Waals surface area contributed by atoms with Crippen molar-refractivity contribution in [2.24, 2.45) is 0 Å². The molecule has 100 valence electrons. The van der Waals surface area contributed by atoms with Gasteiger partial charge in [0.2, 0.25) is 0 Å². The zero-order valence-electron chi connectivity index (χ0n) is 10.6. The SMILES string of the molecule is Cc1cc2c(=O)n(-c3ccccc3)[nH]c(=O)c2c(Cl)n1. The van der Waals surface area contributed by atoms with Gasteiger partial charge in [-0.15, -0.1) is 0 Å². The monoisotopic (exact) mass is 287 g/mol. The summed E-state index contributed by atoms with van der Waals surface area (Å²) in [6.45, 7) is 1.72. The third kappa shape index (κ3) is 1.92. The van der Waals surface area contributed by atoms with Crippen LogP contribution in [0.2, 0.25) is 5.15 Å². The van der Waals surface area contributed by atoms with Crippen LogP contribution in [0.1, 0.15) is 5.69 Å². The van der Waals surface area contributed by atoms with E-state index in [4.69, 9.17) is 11.6 Å². The molecule has 5 nitrogen and oxygen atoms in total. The van der Waals surface area contributed by atoms with E-state index in [2.05, 4.69) is 10.1 Å². The molecule has 0 aliphatic heterocycles. The van der Waals surface area contributed by atoms with Crippen molar-refractivity contribution in [1.29, 1.82) is 0 Å². The molecule has 6 heteroatoms. The summed E-state index contributed by atoms with van der Waals surface area (Å²) >= 11 is 5.96.